The minimum Gasteiger partial charge on any atom is -0.462 e. The maximum Gasteiger partial charge on any atom is 0.472 e. The summed E-state index contributed by atoms with van der Waals surface area (Å²) in [5.74, 6) is -0.838. The van der Waals surface area contributed by atoms with Gasteiger partial charge in [0.15, 0.2) is 6.10 Å². The number of ether oxygens (including phenoxy) is 2. The average Bonchev–Trinajstić information content (AvgIpc) is 3.71. The molecule has 9 nitrogen and oxygen atoms in total. The van der Waals surface area contributed by atoms with Gasteiger partial charge in [-0.25, -0.2) is 4.57 Å². The van der Waals surface area contributed by atoms with E-state index in [1.54, 1.807) is 0 Å². The van der Waals surface area contributed by atoms with E-state index < -0.39 is 26.5 Å². The van der Waals surface area contributed by atoms with Gasteiger partial charge < -0.3 is 20.1 Å². The van der Waals surface area contributed by atoms with Gasteiger partial charge in [0, 0.05) is 19.4 Å². The molecule has 0 amide bonds. The number of rotatable bonds is 71. The Kier molecular flexibility index (Phi) is 72.5. The smallest absolute Gasteiger partial charge is 0.462 e. The number of hydrogen-bond donors (Lipinski definition) is 2. The molecular formula is C81H142NO8P. The van der Waals surface area contributed by atoms with Gasteiger partial charge in [0.25, 0.3) is 0 Å². The van der Waals surface area contributed by atoms with Crippen molar-refractivity contribution in [2.24, 2.45) is 5.73 Å². The van der Waals surface area contributed by atoms with Crippen molar-refractivity contribution in [1.82, 2.24) is 0 Å². The minimum absolute atomic E-state index is 0.0464. The Morgan fingerprint density at radius 3 is 0.901 bits per heavy atom. The van der Waals surface area contributed by atoms with E-state index in [1.165, 1.54) is 199 Å². The fraction of sp³-hybridized carbons (Fsp3) is 0.728. The molecule has 0 aromatic heterocycles. The lowest BCUT2D eigenvalue weighted by molar-refractivity contribution is -0.161. The van der Waals surface area contributed by atoms with Crippen LogP contribution in [0.4, 0.5) is 0 Å². The summed E-state index contributed by atoms with van der Waals surface area (Å²) in [6.45, 7) is 3.63. The van der Waals surface area contributed by atoms with Crippen molar-refractivity contribution in [2.45, 2.75) is 354 Å². The highest BCUT2D eigenvalue weighted by Crippen LogP contribution is 2.43. The van der Waals surface area contributed by atoms with Crippen LogP contribution in [0.3, 0.4) is 0 Å². The molecule has 0 radical (unpaired) electrons. The maximum atomic E-state index is 12.8. The molecule has 2 atom stereocenters. The van der Waals surface area contributed by atoms with E-state index in [0.717, 1.165) is 116 Å². The van der Waals surface area contributed by atoms with Gasteiger partial charge in [-0.05, 0) is 109 Å². The fourth-order valence-electron chi connectivity index (χ4n) is 10.7. The second kappa shape index (κ2) is 75.4. The van der Waals surface area contributed by atoms with E-state index in [4.69, 9.17) is 24.3 Å². The summed E-state index contributed by atoms with van der Waals surface area (Å²) in [6, 6.07) is 0. The quantitative estimate of drug-likeness (QED) is 0.0264. The molecule has 0 bridgehead atoms. The van der Waals surface area contributed by atoms with Crippen molar-refractivity contribution in [1.29, 1.82) is 0 Å². The molecule has 0 spiro atoms. The van der Waals surface area contributed by atoms with Gasteiger partial charge in [0.1, 0.15) is 6.61 Å². The largest absolute Gasteiger partial charge is 0.472 e. The molecule has 0 aromatic rings. The van der Waals surface area contributed by atoms with Gasteiger partial charge in [0.2, 0.25) is 0 Å². The van der Waals surface area contributed by atoms with Crippen LogP contribution in [0, 0.1) is 0 Å². The van der Waals surface area contributed by atoms with E-state index >= 15 is 0 Å². The lowest BCUT2D eigenvalue weighted by atomic mass is 10.0. The predicted octanol–water partition coefficient (Wildman–Crippen LogP) is 25.4. The highest BCUT2D eigenvalue weighted by molar-refractivity contribution is 7.47. The number of esters is 2. The van der Waals surface area contributed by atoms with Crippen molar-refractivity contribution in [3.8, 4) is 0 Å². The lowest BCUT2D eigenvalue weighted by Crippen LogP contribution is -2.29. The zero-order valence-electron chi connectivity index (χ0n) is 59.1. The van der Waals surface area contributed by atoms with Crippen molar-refractivity contribution >= 4 is 19.8 Å². The molecule has 2 unspecified atom stereocenters. The number of allylic oxidation sites excluding steroid dienone is 20. The molecular weight excluding hydrogens is 1150 g/mol. The Morgan fingerprint density at radius 2 is 0.604 bits per heavy atom. The SMILES string of the molecule is CC/C=C\C/C=C\C/C=C\C/C=C\C/C=C\C/C=C\C/C=C\C/C=C\CCCCCCCCC(=O)OC(COC(=O)CCCCCCCCCCCCCCCCCCCCCCCCCCCCC/C=C\C/C=C\CCCCCCC)COP(=O)(O)OCCN. The molecule has 0 aromatic carbocycles. The van der Waals surface area contributed by atoms with Crippen LogP contribution in [-0.2, 0) is 32.7 Å². The Bertz CT molecular complexity index is 1910. The normalized spacial score (nSPS) is 13.6. The highest BCUT2D eigenvalue weighted by atomic mass is 31.2. The Hall–Kier alpha value is -3.59. The van der Waals surface area contributed by atoms with Gasteiger partial charge in [-0.3, -0.25) is 18.6 Å². The number of carbonyl (C=O) groups excluding carboxylic acids is 2. The van der Waals surface area contributed by atoms with Crippen molar-refractivity contribution in [3.63, 3.8) is 0 Å². The predicted molar refractivity (Wildman–Crippen MR) is 394 cm³/mol. The first kappa shape index (κ1) is 87.4. The first-order chi connectivity index (χ1) is 44.8. The van der Waals surface area contributed by atoms with E-state index in [9.17, 15) is 19.0 Å². The van der Waals surface area contributed by atoms with Crippen LogP contribution in [0.1, 0.15) is 348 Å². The van der Waals surface area contributed by atoms with Gasteiger partial charge in [-0.2, -0.15) is 0 Å². The van der Waals surface area contributed by atoms with Gasteiger partial charge >= 0.3 is 19.8 Å². The van der Waals surface area contributed by atoms with E-state index in [1.807, 2.05) is 0 Å². The van der Waals surface area contributed by atoms with Gasteiger partial charge in [-0.15, -0.1) is 0 Å². The molecule has 91 heavy (non-hydrogen) atoms. The molecule has 0 saturated heterocycles. The first-order valence-electron chi connectivity index (χ1n) is 38.0. The summed E-state index contributed by atoms with van der Waals surface area (Å²) in [5, 5.41) is 0. The molecule has 0 fully saturated rings. The van der Waals surface area contributed by atoms with Crippen LogP contribution in [-0.4, -0.2) is 49.3 Å². The van der Waals surface area contributed by atoms with Crippen molar-refractivity contribution < 1.29 is 37.6 Å². The number of carbonyl (C=O) groups is 2. The summed E-state index contributed by atoms with van der Waals surface area (Å²) in [7, 11) is -4.41. The molecule has 524 valence electrons. The summed E-state index contributed by atoms with van der Waals surface area (Å²) in [5.41, 5.74) is 5.41. The molecule has 10 heteroatoms. The van der Waals surface area contributed by atoms with Crippen molar-refractivity contribution in [2.75, 3.05) is 26.4 Å². The zero-order chi connectivity index (χ0) is 65.8. The summed E-state index contributed by atoms with van der Waals surface area (Å²) in [4.78, 5) is 35.4. The van der Waals surface area contributed by atoms with Crippen LogP contribution < -0.4 is 5.73 Å². The second-order valence-corrected chi connectivity index (χ2v) is 26.6. The molecule has 0 aliphatic rings. The zero-order valence-corrected chi connectivity index (χ0v) is 59.9. The van der Waals surface area contributed by atoms with Gasteiger partial charge in [0.05, 0.1) is 13.2 Å². The van der Waals surface area contributed by atoms with Gasteiger partial charge in [-0.1, -0.05) is 347 Å². The van der Waals surface area contributed by atoms with Crippen LogP contribution in [0.15, 0.2) is 122 Å². The topological polar surface area (TPSA) is 134 Å². The number of unbranched alkanes of at least 4 members (excludes halogenated alkanes) is 38. The Morgan fingerprint density at radius 1 is 0.341 bits per heavy atom. The number of hydrogen-bond acceptors (Lipinski definition) is 8. The van der Waals surface area contributed by atoms with Crippen LogP contribution in [0.25, 0.3) is 0 Å². The molecule has 0 heterocycles. The number of phosphoric acid groups is 1. The lowest BCUT2D eigenvalue weighted by Gasteiger charge is -2.19. The van der Waals surface area contributed by atoms with Crippen molar-refractivity contribution in [3.05, 3.63) is 122 Å². The van der Waals surface area contributed by atoms with E-state index in [2.05, 4.69) is 135 Å². The molecule has 0 aliphatic heterocycles. The monoisotopic (exact) mass is 1290 g/mol. The Balaban J connectivity index is 3.85. The summed E-state index contributed by atoms with van der Waals surface area (Å²) < 4.78 is 33.2. The summed E-state index contributed by atoms with van der Waals surface area (Å²) >= 11 is 0. The molecule has 0 rings (SSSR count). The van der Waals surface area contributed by atoms with E-state index in [-0.39, 0.29) is 38.6 Å². The third kappa shape index (κ3) is 75.3. The molecule has 3 N–H and O–H groups in total. The molecule has 0 aliphatic carbocycles. The third-order valence-corrected chi connectivity index (χ3v) is 17.3. The van der Waals surface area contributed by atoms with E-state index in [0.29, 0.717) is 6.42 Å². The first-order valence-corrected chi connectivity index (χ1v) is 39.5. The second-order valence-electron chi connectivity index (χ2n) is 25.1. The maximum absolute atomic E-state index is 12.8. The minimum atomic E-state index is -4.41. The van der Waals surface area contributed by atoms with Crippen LogP contribution in [0.5, 0.6) is 0 Å². The highest BCUT2D eigenvalue weighted by Gasteiger charge is 2.26. The standard InChI is InChI=1S/C81H142NO8P/c1-3-5-7-9-11-13-15-17-19-21-23-25-27-29-31-33-35-36-37-38-39-40-41-42-44-45-47-49-51-53-55-57-59-61-63-65-67-69-71-73-80(83)87-77-79(78-89-91(85,86)88-76-75-82)90-81(84)74-72-70-68-66-64-62-60-58-56-54-52-50-48-46-43-34-32-30-28-26-24-22-20-18-16-14-12-10-8-6-4-2/h6,8,12,14-15,17-18,20-21,23-24,26,30,32,43,46,50,52,56,58,79H,3-5,7,9-11,13,16,19,22,25,27-29,31,33-42,44-45,47-49,51,53-55,57,59-78,82H2,1-2H3,(H,85,86)/b8-6-,14-12-,17-15-,20-18-,23-21-,26-24-,32-30-,46-43-,52-50-,58-56-. The average molecular weight is 1290 g/mol. The number of nitrogens with two attached hydrogens (primary N) is 1. The van der Waals surface area contributed by atoms with Crippen LogP contribution >= 0.6 is 7.82 Å². The fourth-order valence-corrected chi connectivity index (χ4v) is 11.5. The third-order valence-electron chi connectivity index (χ3n) is 16.3. The van der Waals surface area contributed by atoms with Crippen LogP contribution in [0.2, 0.25) is 0 Å². The Labute approximate surface area is 561 Å². The number of phosphoric ester groups is 1. The molecule has 0 saturated carbocycles. The summed E-state index contributed by atoms with van der Waals surface area (Å²) in [6.07, 6.45) is 106.